The summed E-state index contributed by atoms with van der Waals surface area (Å²) >= 11 is 0. The van der Waals surface area contributed by atoms with Crippen molar-refractivity contribution in [2.24, 2.45) is 0 Å². The van der Waals surface area contributed by atoms with Crippen LogP contribution in [0.1, 0.15) is 17.1 Å². The van der Waals surface area contributed by atoms with Crippen LogP contribution in [-0.4, -0.2) is 14.3 Å². The number of rotatable bonds is 7. The average Bonchev–Trinajstić information content (AvgIpc) is 3.24. The number of benzene rings is 2. The van der Waals surface area contributed by atoms with E-state index < -0.39 is 33.2 Å². The smallest absolute Gasteiger partial charge is 0.416 e. The maximum absolute atomic E-state index is 12.8. The van der Waals surface area contributed by atoms with E-state index in [9.17, 15) is 31.6 Å². The molecule has 0 aliphatic carbocycles. The predicted octanol–water partition coefficient (Wildman–Crippen LogP) is 4.32. The maximum atomic E-state index is 12.8. The summed E-state index contributed by atoms with van der Waals surface area (Å²) in [6, 6.07) is 16.2. The molecule has 1 amide bonds. The van der Waals surface area contributed by atoms with Crippen molar-refractivity contribution < 1.29 is 30.8 Å². The van der Waals surface area contributed by atoms with Gasteiger partial charge in [0.05, 0.1) is 17.0 Å². The van der Waals surface area contributed by atoms with Crippen LogP contribution in [0.3, 0.4) is 0 Å². The van der Waals surface area contributed by atoms with Gasteiger partial charge in [0, 0.05) is 11.8 Å². The summed E-state index contributed by atoms with van der Waals surface area (Å²) < 4.78 is 70.8. The molecule has 0 aliphatic heterocycles. The van der Waals surface area contributed by atoms with Gasteiger partial charge in [0.2, 0.25) is 10.0 Å². The minimum Gasteiger partial charge on any atom is -0.460 e. The first-order valence-electron chi connectivity index (χ1n) is 9.32. The van der Waals surface area contributed by atoms with Gasteiger partial charge < -0.3 is 9.73 Å². The number of carbonyl (C=O) groups excluding carboxylic acids is 1. The van der Waals surface area contributed by atoms with Crippen molar-refractivity contribution in [1.29, 1.82) is 5.26 Å². The molecule has 0 radical (unpaired) electrons. The lowest BCUT2D eigenvalue weighted by molar-refractivity contribution is -0.137. The normalized spacial score (nSPS) is 12.2. The summed E-state index contributed by atoms with van der Waals surface area (Å²) in [5.41, 5.74) is -1.50. The maximum Gasteiger partial charge on any atom is 0.416 e. The summed E-state index contributed by atoms with van der Waals surface area (Å²) in [7, 11) is -3.76. The van der Waals surface area contributed by atoms with Crippen molar-refractivity contribution >= 4 is 27.7 Å². The van der Waals surface area contributed by atoms with Crippen LogP contribution in [0.25, 0.3) is 6.08 Å². The van der Waals surface area contributed by atoms with Gasteiger partial charge in [0.15, 0.2) is 0 Å². The molecule has 0 bridgehead atoms. The van der Waals surface area contributed by atoms with E-state index in [0.717, 1.165) is 24.3 Å². The quantitative estimate of drug-likeness (QED) is 0.390. The fourth-order valence-electron chi connectivity index (χ4n) is 2.68. The van der Waals surface area contributed by atoms with Crippen molar-refractivity contribution in [3.05, 3.63) is 89.4 Å². The number of halogens is 3. The highest BCUT2D eigenvalue weighted by molar-refractivity contribution is 7.89. The first-order chi connectivity index (χ1) is 15.6. The molecule has 170 valence electrons. The number of hydrogen-bond acceptors (Lipinski definition) is 5. The van der Waals surface area contributed by atoms with Gasteiger partial charge in [-0.3, -0.25) is 4.79 Å². The number of hydrogen-bond donors (Lipinski definition) is 2. The van der Waals surface area contributed by atoms with Crippen LogP contribution in [0, 0.1) is 11.3 Å². The van der Waals surface area contributed by atoms with Crippen molar-refractivity contribution in [2.75, 3.05) is 5.32 Å². The Morgan fingerprint density at radius 3 is 2.45 bits per heavy atom. The Kier molecular flexibility index (Phi) is 7.01. The number of alkyl halides is 3. The van der Waals surface area contributed by atoms with E-state index in [1.165, 1.54) is 30.3 Å². The molecule has 7 nitrogen and oxygen atoms in total. The van der Waals surface area contributed by atoms with E-state index in [2.05, 4.69) is 10.0 Å². The minimum atomic E-state index is -4.58. The third-order valence-electron chi connectivity index (χ3n) is 4.27. The van der Waals surface area contributed by atoms with Gasteiger partial charge in [-0.25, -0.2) is 13.1 Å². The van der Waals surface area contributed by atoms with Gasteiger partial charge in [-0.15, -0.1) is 0 Å². The zero-order chi connectivity index (χ0) is 24.1. The second-order valence-electron chi connectivity index (χ2n) is 6.64. The second kappa shape index (κ2) is 9.72. The van der Waals surface area contributed by atoms with E-state index in [4.69, 9.17) is 4.42 Å². The molecular weight excluding hydrogens is 459 g/mol. The number of nitrogens with zero attached hydrogens (tertiary/aromatic N) is 1. The molecule has 1 heterocycles. The summed E-state index contributed by atoms with van der Waals surface area (Å²) in [4.78, 5) is 12.4. The fraction of sp³-hybridized carbons (Fsp3) is 0.0909. The first-order valence-corrected chi connectivity index (χ1v) is 10.8. The fourth-order valence-corrected chi connectivity index (χ4v) is 3.69. The molecule has 0 fully saturated rings. The number of sulfonamides is 1. The summed E-state index contributed by atoms with van der Waals surface area (Å²) in [5, 5.41) is 11.5. The van der Waals surface area contributed by atoms with Gasteiger partial charge in [-0.2, -0.15) is 18.4 Å². The molecule has 1 aromatic heterocycles. The number of anilines is 1. The largest absolute Gasteiger partial charge is 0.460 e. The Morgan fingerprint density at radius 1 is 1.06 bits per heavy atom. The summed E-state index contributed by atoms with van der Waals surface area (Å²) in [5.74, 6) is -0.629. The zero-order valence-electron chi connectivity index (χ0n) is 16.8. The molecule has 3 aromatic rings. The van der Waals surface area contributed by atoms with Crippen LogP contribution in [0.5, 0.6) is 0 Å². The number of amides is 1. The van der Waals surface area contributed by atoms with Crippen molar-refractivity contribution in [2.45, 2.75) is 17.6 Å². The number of furan rings is 1. The SMILES string of the molecule is N#CC(=Cc1ccc(CNS(=O)(=O)c2ccccc2)o1)C(=O)Nc1cccc(C(F)(F)F)c1. The molecule has 2 N–H and O–H groups in total. The lowest BCUT2D eigenvalue weighted by Gasteiger charge is -2.09. The standard InChI is InChI=1S/C22H16F3N3O4S/c23-22(24,25)16-5-4-6-17(12-16)28-21(29)15(13-26)11-18-9-10-19(32-18)14-27-33(30,31)20-7-2-1-3-8-20/h1-12,27H,14H2,(H,28,29). The third kappa shape index (κ3) is 6.31. The van der Waals surface area contributed by atoms with E-state index in [1.54, 1.807) is 24.3 Å². The van der Waals surface area contributed by atoms with E-state index in [0.29, 0.717) is 0 Å². The van der Waals surface area contributed by atoms with Crippen molar-refractivity contribution in [1.82, 2.24) is 4.72 Å². The molecule has 0 unspecified atom stereocenters. The molecule has 2 aromatic carbocycles. The van der Waals surface area contributed by atoms with Crippen molar-refractivity contribution in [3.63, 3.8) is 0 Å². The zero-order valence-corrected chi connectivity index (χ0v) is 17.6. The Balaban J connectivity index is 1.69. The molecule has 11 heteroatoms. The van der Waals surface area contributed by atoms with Crippen LogP contribution < -0.4 is 10.0 Å². The van der Waals surface area contributed by atoms with E-state index in [-0.39, 0.29) is 28.6 Å². The van der Waals surface area contributed by atoms with Crippen LogP contribution in [0.2, 0.25) is 0 Å². The first kappa shape index (κ1) is 23.8. The lowest BCUT2D eigenvalue weighted by atomic mass is 10.1. The summed E-state index contributed by atoms with van der Waals surface area (Å²) in [6.45, 7) is -0.177. The molecular formula is C22H16F3N3O4S. The highest BCUT2D eigenvalue weighted by Crippen LogP contribution is 2.30. The second-order valence-corrected chi connectivity index (χ2v) is 8.41. The van der Waals surface area contributed by atoms with E-state index >= 15 is 0 Å². The molecule has 0 atom stereocenters. The highest BCUT2D eigenvalue weighted by atomic mass is 32.2. The van der Waals surface area contributed by atoms with Crippen LogP contribution in [-0.2, 0) is 27.5 Å². The summed E-state index contributed by atoms with van der Waals surface area (Å²) in [6.07, 6.45) is -3.49. The minimum absolute atomic E-state index is 0.0784. The predicted molar refractivity (Wildman–Crippen MR) is 113 cm³/mol. The van der Waals surface area contributed by atoms with Crippen LogP contribution in [0.15, 0.2) is 81.6 Å². The topological polar surface area (TPSA) is 112 Å². The molecule has 3 rings (SSSR count). The Bertz CT molecular complexity index is 1320. The average molecular weight is 475 g/mol. The Morgan fingerprint density at radius 2 is 1.79 bits per heavy atom. The molecule has 0 aliphatic rings. The number of nitriles is 1. The monoisotopic (exact) mass is 475 g/mol. The van der Waals surface area contributed by atoms with Crippen molar-refractivity contribution in [3.8, 4) is 6.07 Å². The Hall–Kier alpha value is -3.88. The number of nitrogens with one attached hydrogen (secondary N) is 2. The number of carbonyl (C=O) groups is 1. The van der Waals surface area contributed by atoms with Gasteiger partial charge in [0.25, 0.3) is 5.91 Å². The van der Waals surface area contributed by atoms with Gasteiger partial charge >= 0.3 is 6.18 Å². The lowest BCUT2D eigenvalue weighted by Crippen LogP contribution is -2.22. The molecule has 0 saturated heterocycles. The van der Waals surface area contributed by atoms with Crippen LogP contribution in [0.4, 0.5) is 18.9 Å². The van der Waals surface area contributed by atoms with Crippen LogP contribution >= 0.6 is 0 Å². The molecule has 33 heavy (non-hydrogen) atoms. The molecule has 0 saturated carbocycles. The van der Waals surface area contributed by atoms with Gasteiger partial charge in [0.1, 0.15) is 23.2 Å². The highest BCUT2D eigenvalue weighted by Gasteiger charge is 2.30. The Labute approximate surface area is 187 Å². The van der Waals surface area contributed by atoms with E-state index in [1.807, 2.05) is 0 Å². The molecule has 0 spiro atoms. The van der Waals surface area contributed by atoms with Gasteiger partial charge in [-0.05, 0) is 42.5 Å². The van der Waals surface area contributed by atoms with Gasteiger partial charge in [-0.1, -0.05) is 24.3 Å². The third-order valence-corrected chi connectivity index (χ3v) is 5.69.